The number of alkyl carbamates (subject to hydrolysis) is 1. The third-order valence-electron chi connectivity index (χ3n) is 5.47. The van der Waals surface area contributed by atoms with Crippen LogP contribution in [0.3, 0.4) is 0 Å². The Kier molecular flexibility index (Phi) is 9.09. The Morgan fingerprint density at radius 2 is 1.97 bits per heavy atom. The van der Waals surface area contributed by atoms with E-state index >= 15 is 0 Å². The highest BCUT2D eigenvalue weighted by Gasteiger charge is 2.37. The fourth-order valence-electron chi connectivity index (χ4n) is 3.97. The monoisotopic (exact) mass is 460 g/mol. The molecule has 180 valence electrons. The molecule has 1 saturated carbocycles. The van der Waals surface area contributed by atoms with Gasteiger partial charge in [0.05, 0.1) is 6.04 Å². The maximum absolute atomic E-state index is 12.6. The number of aliphatic hydroxyl groups excluding tert-OH is 1. The summed E-state index contributed by atoms with van der Waals surface area (Å²) in [6.07, 6.45) is 6.53. The molecule has 33 heavy (non-hydrogen) atoms. The first-order chi connectivity index (χ1) is 15.5. The molecule has 0 bridgehead atoms. The van der Waals surface area contributed by atoms with Gasteiger partial charge in [-0.2, -0.15) is 0 Å². The third kappa shape index (κ3) is 8.29. The van der Waals surface area contributed by atoms with Gasteiger partial charge >= 0.3 is 12.1 Å². The highest BCUT2D eigenvalue weighted by atomic mass is 16.6. The molecule has 4 N–H and O–H groups in total. The maximum atomic E-state index is 12.6. The minimum Gasteiger partial charge on any atom is -0.507 e. The van der Waals surface area contributed by atoms with Crippen molar-refractivity contribution in [2.45, 2.75) is 70.9 Å². The molecule has 1 aliphatic heterocycles. The largest absolute Gasteiger partial charge is 0.507 e. The number of nitrogens with one attached hydrogen (secondary N) is 2. The van der Waals surface area contributed by atoms with E-state index in [1.807, 2.05) is 0 Å². The zero-order chi connectivity index (χ0) is 24.6. The van der Waals surface area contributed by atoms with Crippen molar-refractivity contribution in [2.24, 2.45) is 11.8 Å². The molecular weight excluding hydrogens is 428 g/mol. The lowest BCUT2D eigenvalue weighted by Gasteiger charge is -2.19. The van der Waals surface area contributed by atoms with Gasteiger partial charge in [-0.15, -0.1) is 0 Å². The predicted octanol–water partition coefficient (Wildman–Crippen LogP) is 2.62. The van der Waals surface area contributed by atoms with Crippen molar-refractivity contribution < 1.29 is 34.1 Å². The van der Waals surface area contributed by atoms with Crippen molar-refractivity contribution in [3.05, 3.63) is 23.5 Å². The molecule has 2 unspecified atom stereocenters. The van der Waals surface area contributed by atoms with Gasteiger partial charge in [0.15, 0.2) is 5.78 Å². The second-order valence-electron chi connectivity index (χ2n) is 9.25. The van der Waals surface area contributed by atoms with Crippen LogP contribution in [0.15, 0.2) is 23.5 Å². The predicted molar refractivity (Wildman–Crippen MR) is 120 cm³/mol. The molecule has 9 heteroatoms. The van der Waals surface area contributed by atoms with Gasteiger partial charge in [-0.3, -0.25) is 9.59 Å². The zero-order valence-electron chi connectivity index (χ0n) is 19.3. The minimum atomic E-state index is -1.16. The van der Waals surface area contributed by atoms with E-state index < -0.39 is 35.4 Å². The number of amides is 2. The molecule has 0 aromatic heterocycles. The summed E-state index contributed by atoms with van der Waals surface area (Å²) in [6, 6.07) is -0.756. The molecule has 3 atom stereocenters. The average molecular weight is 461 g/mol. The van der Waals surface area contributed by atoms with Gasteiger partial charge < -0.3 is 25.6 Å². The van der Waals surface area contributed by atoms with Gasteiger partial charge in [-0.25, -0.2) is 9.59 Å². The number of allylic oxidation sites excluding steroid dienone is 2. The Hall–Kier alpha value is -3.28. The van der Waals surface area contributed by atoms with Crippen LogP contribution in [0.1, 0.15) is 59.3 Å². The van der Waals surface area contributed by atoms with Gasteiger partial charge in [0, 0.05) is 18.9 Å². The van der Waals surface area contributed by atoms with Crippen LogP contribution in [-0.4, -0.2) is 52.2 Å². The minimum absolute atomic E-state index is 0.0881. The number of hydrogen-bond acceptors (Lipinski definition) is 6. The van der Waals surface area contributed by atoms with E-state index in [-0.39, 0.29) is 29.7 Å². The number of rotatable bonds is 7. The molecule has 1 aliphatic carbocycles. The SMILES string of the molecule is CC(C)(C)OC(=O)NCCCC1NC(=O)/C(=C(O)/C=C/C2CCC[C@@H]2CC#CC(=O)O)C1=O. The number of aliphatic carboxylic acids is 1. The molecule has 0 aromatic carbocycles. The van der Waals surface area contributed by atoms with E-state index in [1.165, 1.54) is 6.08 Å². The van der Waals surface area contributed by atoms with Gasteiger partial charge in [-0.05, 0) is 64.4 Å². The van der Waals surface area contributed by atoms with Crippen LogP contribution in [0.4, 0.5) is 4.79 Å². The summed E-state index contributed by atoms with van der Waals surface area (Å²) in [5.74, 6) is 2.38. The van der Waals surface area contributed by atoms with Crippen molar-refractivity contribution in [1.29, 1.82) is 0 Å². The molecule has 0 spiro atoms. The molecule has 0 aromatic rings. The normalized spacial score (nSPS) is 24.3. The summed E-state index contributed by atoms with van der Waals surface area (Å²) in [5, 5.41) is 24.2. The maximum Gasteiger partial charge on any atom is 0.407 e. The van der Waals surface area contributed by atoms with Crippen molar-refractivity contribution in [3.63, 3.8) is 0 Å². The van der Waals surface area contributed by atoms with Crippen molar-refractivity contribution in [3.8, 4) is 11.8 Å². The van der Waals surface area contributed by atoms with E-state index in [4.69, 9.17) is 9.84 Å². The number of Topliss-reactive ketones (excluding diaryl/α,β-unsaturated/α-hetero) is 1. The number of carboxylic acid groups (broad SMARTS) is 1. The van der Waals surface area contributed by atoms with E-state index in [9.17, 15) is 24.3 Å². The topological polar surface area (TPSA) is 142 Å². The lowest BCUT2D eigenvalue weighted by Crippen LogP contribution is -2.34. The molecule has 2 rings (SSSR count). The second kappa shape index (κ2) is 11.5. The fourth-order valence-corrected chi connectivity index (χ4v) is 3.97. The van der Waals surface area contributed by atoms with E-state index in [2.05, 4.69) is 22.5 Å². The van der Waals surface area contributed by atoms with E-state index in [1.54, 1.807) is 26.8 Å². The first-order valence-corrected chi connectivity index (χ1v) is 11.1. The van der Waals surface area contributed by atoms with Gasteiger partial charge in [-0.1, -0.05) is 18.4 Å². The smallest absolute Gasteiger partial charge is 0.407 e. The summed E-state index contributed by atoms with van der Waals surface area (Å²) in [7, 11) is 0. The van der Waals surface area contributed by atoms with Gasteiger partial charge in [0.1, 0.15) is 16.9 Å². The molecule has 1 heterocycles. The Bertz CT molecular complexity index is 902. The number of ketones is 1. The highest BCUT2D eigenvalue weighted by molar-refractivity contribution is 6.27. The Morgan fingerprint density at radius 3 is 2.64 bits per heavy atom. The van der Waals surface area contributed by atoms with E-state index in [0.717, 1.165) is 19.3 Å². The van der Waals surface area contributed by atoms with Crippen LogP contribution >= 0.6 is 0 Å². The highest BCUT2D eigenvalue weighted by Crippen LogP contribution is 2.35. The third-order valence-corrected chi connectivity index (χ3v) is 5.47. The zero-order valence-corrected chi connectivity index (χ0v) is 19.3. The number of carbonyl (C=O) groups excluding carboxylic acids is 3. The fraction of sp³-hybridized carbons (Fsp3) is 0.583. The number of carboxylic acids is 1. The number of carbonyl (C=O) groups is 4. The second-order valence-corrected chi connectivity index (χ2v) is 9.25. The Balaban J connectivity index is 1.90. The van der Waals surface area contributed by atoms with Crippen molar-refractivity contribution >= 4 is 23.8 Å². The number of hydrogen-bond donors (Lipinski definition) is 4. The molecule has 1 saturated heterocycles. The van der Waals surface area contributed by atoms with E-state index in [0.29, 0.717) is 19.3 Å². The summed E-state index contributed by atoms with van der Waals surface area (Å²) in [5.41, 5.74) is -0.870. The van der Waals surface area contributed by atoms with Gasteiger partial charge in [0.2, 0.25) is 0 Å². The molecule has 9 nitrogen and oxygen atoms in total. The van der Waals surface area contributed by atoms with Crippen LogP contribution < -0.4 is 10.6 Å². The molecular formula is C24H32N2O7. The van der Waals surface area contributed by atoms with Crippen LogP contribution in [0, 0.1) is 23.7 Å². The lowest BCUT2D eigenvalue weighted by molar-refractivity contribution is -0.130. The molecule has 2 fully saturated rings. The Morgan fingerprint density at radius 1 is 1.24 bits per heavy atom. The molecule has 2 aliphatic rings. The van der Waals surface area contributed by atoms with Gasteiger partial charge in [0.25, 0.3) is 5.91 Å². The molecule has 0 radical (unpaired) electrons. The summed E-state index contributed by atoms with van der Waals surface area (Å²) in [4.78, 5) is 47.1. The quantitative estimate of drug-likeness (QED) is 0.150. The first kappa shape index (κ1) is 26.0. The summed E-state index contributed by atoms with van der Waals surface area (Å²) < 4.78 is 5.14. The van der Waals surface area contributed by atoms with Crippen molar-refractivity contribution in [1.82, 2.24) is 10.6 Å². The summed E-state index contributed by atoms with van der Waals surface area (Å²) >= 11 is 0. The lowest BCUT2D eigenvalue weighted by atomic mass is 9.92. The van der Waals surface area contributed by atoms with Crippen LogP contribution in [0.2, 0.25) is 0 Å². The van der Waals surface area contributed by atoms with Crippen LogP contribution in [0.5, 0.6) is 0 Å². The standard InChI is InChI=1S/C24H32N2O7/c1-24(2,3)33-23(32)25-14-6-10-17-21(30)20(22(31)26-17)18(27)13-12-16-8-4-7-15(16)9-5-11-19(28)29/h12-13,15-17,27H,4,6-10,14H2,1-3H3,(H,25,32)(H,26,31)(H,28,29)/b13-12+,20-18-/t15-,16?,17?/m1/s1. The van der Waals surface area contributed by atoms with Crippen LogP contribution in [-0.2, 0) is 19.1 Å². The first-order valence-electron chi connectivity index (χ1n) is 11.1. The number of ether oxygens (including phenoxy) is 1. The van der Waals surface area contributed by atoms with Crippen molar-refractivity contribution in [2.75, 3.05) is 6.54 Å². The Labute approximate surface area is 193 Å². The van der Waals surface area contributed by atoms with Crippen LogP contribution in [0.25, 0.3) is 0 Å². The summed E-state index contributed by atoms with van der Waals surface area (Å²) in [6.45, 7) is 5.56. The average Bonchev–Trinajstić information content (AvgIpc) is 3.25. The molecule has 2 amide bonds. The number of aliphatic hydroxyl groups is 1.